The van der Waals surface area contributed by atoms with Gasteiger partial charge in [-0.05, 0) is 12.1 Å². The molecular formula is C12H11N5O2. The van der Waals surface area contributed by atoms with Gasteiger partial charge in [-0.2, -0.15) is 0 Å². The number of hydrogen-bond donors (Lipinski definition) is 3. The zero-order chi connectivity index (χ0) is 13.4. The quantitative estimate of drug-likeness (QED) is 0.590. The van der Waals surface area contributed by atoms with Crippen LogP contribution in [-0.4, -0.2) is 27.3 Å². The van der Waals surface area contributed by atoms with Crippen LogP contribution in [0.25, 0.3) is 22.8 Å². The molecule has 2 aliphatic rings. The van der Waals surface area contributed by atoms with Crippen molar-refractivity contribution in [3.63, 3.8) is 0 Å². The lowest BCUT2D eigenvalue weighted by atomic mass is 10.1. The predicted molar refractivity (Wildman–Crippen MR) is 70.0 cm³/mol. The van der Waals surface area contributed by atoms with Gasteiger partial charge < -0.3 is 15.6 Å². The first-order chi connectivity index (χ1) is 9.19. The highest BCUT2D eigenvalue weighted by Gasteiger charge is 2.17. The number of anilines is 1. The largest absolute Gasteiger partial charge is 0.496 e. The standard InChI is InChI=1S/C12H11N5O2/c1-19-9-4-6(13)2-3-7(9)11-15-8-5-14-17-12(18)10(8)16-11/h2-5,14H,13H2,1H3,(H,17,18). The van der Waals surface area contributed by atoms with E-state index in [2.05, 4.69) is 20.2 Å². The van der Waals surface area contributed by atoms with E-state index in [1.807, 2.05) is 0 Å². The fourth-order valence-electron chi connectivity index (χ4n) is 1.87. The highest BCUT2D eigenvalue weighted by molar-refractivity contribution is 5.71. The van der Waals surface area contributed by atoms with Crippen LogP contribution in [0.2, 0.25) is 0 Å². The number of hydrogen-bond acceptors (Lipinski definition) is 5. The average Bonchev–Trinajstić information content (AvgIpc) is 2.83. The van der Waals surface area contributed by atoms with Crippen molar-refractivity contribution < 1.29 is 4.74 Å². The summed E-state index contributed by atoms with van der Waals surface area (Å²) in [6, 6.07) is 5.18. The molecule has 0 spiro atoms. The van der Waals surface area contributed by atoms with Gasteiger partial charge in [0.1, 0.15) is 11.4 Å². The summed E-state index contributed by atoms with van der Waals surface area (Å²) in [5, 5.41) is 5.06. The van der Waals surface area contributed by atoms with Crippen LogP contribution in [0, 0.1) is 0 Å². The van der Waals surface area contributed by atoms with E-state index >= 15 is 0 Å². The SMILES string of the molecule is COc1cc(N)ccc1-c1nc2c[nH][nH]c(=O)c-2n1. The first kappa shape index (κ1) is 11.3. The third kappa shape index (κ3) is 1.81. The maximum Gasteiger partial charge on any atom is 0.290 e. The highest BCUT2D eigenvalue weighted by atomic mass is 16.5. The molecule has 0 bridgehead atoms. The molecule has 0 saturated heterocycles. The van der Waals surface area contributed by atoms with Crippen molar-refractivity contribution in [3.8, 4) is 28.5 Å². The second-order valence-corrected chi connectivity index (χ2v) is 3.98. The van der Waals surface area contributed by atoms with Crippen molar-refractivity contribution in [3.05, 3.63) is 34.7 Å². The minimum Gasteiger partial charge on any atom is -0.496 e. The number of aromatic amines is 2. The molecule has 0 radical (unpaired) electrons. The Kier molecular flexibility index (Phi) is 2.45. The minimum absolute atomic E-state index is 0.285. The number of nitrogen functional groups attached to an aromatic ring is 1. The number of H-pyrrole nitrogens is 2. The molecule has 1 aromatic carbocycles. The van der Waals surface area contributed by atoms with Gasteiger partial charge in [0, 0.05) is 18.0 Å². The van der Waals surface area contributed by atoms with E-state index in [4.69, 9.17) is 10.5 Å². The molecule has 4 N–H and O–H groups in total. The summed E-state index contributed by atoms with van der Waals surface area (Å²) in [6.07, 6.45) is 1.58. The minimum atomic E-state index is -0.314. The number of rotatable bonds is 2. The first-order valence-corrected chi connectivity index (χ1v) is 5.56. The lowest BCUT2D eigenvalue weighted by Crippen LogP contribution is -2.10. The normalized spacial score (nSPS) is 10.8. The zero-order valence-electron chi connectivity index (χ0n) is 10.1. The van der Waals surface area contributed by atoms with Crippen LogP contribution in [0.4, 0.5) is 5.69 Å². The molecule has 0 fully saturated rings. The number of nitrogens with two attached hydrogens (primary N) is 1. The molecule has 0 aromatic heterocycles. The Morgan fingerprint density at radius 2 is 2.16 bits per heavy atom. The fraction of sp³-hybridized carbons (Fsp3) is 0.0833. The molecule has 7 heteroatoms. The third-order valence-corrected chi connectivity index (χ3v) is 2.76. The molecule has 2 aliphatic heterocycles. The Morgan fingerprint density at radius 3 is 2.89 bits per heavy atom. The number of benzene rings is 1. The second-order valence-electron chi connectivity index (χ2n) is 3.98. The molecule has 96 valence electrons. The van der Waals surface area contributed by atoms with Crippen LogP contribution in [0.1, 0.15) is 0 Å². The van der Waals surface area contributed by atoms with Crippen LogP contribution < -0.4 is 16.0 Å². The van der Waals surface area contributed by atoms with Crippen molar-refractivity contribution in [2.24, 2.45) is 0 Å². The molecule has 0 aliphatic carbocycles. The van der Waals surface area contributed by atoms with Gasteiger partial charge in [-0.15, -0.1) is 0 Å². The number of ether oxygens (including phenoxy) is 1. The van der Waals surface area contributed by atoms with Gasteiger partial charge in [-0.25, -0.2) is 9.97 Å². The smallest absolute Gasteiger partial charge is 0.290 e. The van der Waals surface area contributed by atoms with Crippen molar-refractivity contribution in [1.82, 2.24) is 20.2 Å². The average molecular weight is 257 g/mol. The van der Waals surface area contributed by atoms with E-state index in [0.717, 1.165) is 0 Å². The fourth-order valence-corrected chi connectivity index (χ4v) is 1.87. The highest BCUT2D eigenvalue weighted by Crippen LogP contribution is 2.31. The molecule has 0 saturated carbocycles. The summed E-state index contributed by atoms with van der Waals surface area (Å²) in [5.41, 5.74) is 7.44. The van der Waals surface area contributed by atoms with Gasteiger partial charge in [-0.3, -0.25) is 9.89 Å². The van der Waals surface area contributed by atoms with Gasteiger partial charge in [-0.1, -0.05) is 0 Å². The number of aromatic nitrogens is 4. The maximum absolute atomic E-state index is 11.6. The summed E-state index contributed by atoms with van der Waals surface area (Å²) < 4.78 is 5.25. The number of imidazole rings is 1. The van der Waals surface area contributed by atoms with E-state index in [-0.39, 0.29) is 11.3 Å². The molecule has 19 heavy (non-hydrogen) atoms. The Morgan fingerprint density at radius 1 is 1.32 bits per heavy atom. The monoisotopic (exact) mass is 257 g/mol. The summed E-state index contributed by atoms with van der Waals surface area (Å²) in [5.74, 6) is 0.993. The topological polar surface area (TPSA) is 110 Å². The lowest BCUT2D eigenvalue weighted by molar-refractivity contribution is 0.416. The van der Waals surface area contributed by atoms with Crippen molar-refractivity contribution in [2.75, 3.05) is 12.8 Å². The Labute approximate surface area is 107 Å². The molecule has 1 aromatic rings. The lowest BCUT2D eigenvalue weighted by Gasteiger charge is -2.05. The number of nitrogens with zero attached hydrogens (tertiary/aromatic N) is 2. The van der Waals surface area contributed by atoms with Crippen molar-refractivity contribution in [2.45, 2.75) is 0 Å². The molecule has 3 rings (SSSR count). The van der Waals surface area contributed by atoms with Crippen LogP contribution in [-0.2, 0) is 0 Å². The second kappa shape index (κ2) is 4.13. The van der Waals surface area contributed by atoms with Crippen LogP contribution in [0.15, 0.2) is 29.2 Å². The molecule has 0 atom stereocenters. The summed E-state index contributed by atoms with van der Waals surface area (Å²) >= 11 is 0. The maximum atomic E-state index is 11.6. The summed E-state index contributed by atoms with van der Waals surface area (Å²) in [6.45, 7) is 0. The molecule has 2 heterocycles. The van der Waals surface area contributed by atoms with Gasteiger partial charge in [0.25, 0.3) is 5.56 Å². The van der Waals surface area contributed by atoms with Crippen LogP contribution in [0.3, 0.4) is 0 Å². The molecular weight excluding hydrogens is 246 g/mol. The van der Waals surface area contributed by atoms with Crippen LogP contribution >= 0.6 is 0 Å². The van der Waals surface area contributed by atoms with Gasteiger partial charge in [0.15, 0.2) is 11.5 Å². The summed E-state index contributed by atoms with van der Waals surface area (Å²) in [4.78, 5) is 20.1. The summed E-state index contributed by atoms with van der Waals surface area (Å²) in [7, 11) is 1.54. The molecule has 7 nitrogen and oxygen atoms in total. The van der Waals surface area contributed by atoms with Crippen LogP contribution in [0.5, 0.6) is 5.75 Å². The first-order valence-electron chi connectivity index (χ1n) is 5.56. The number of nitrogens with one attached hydrogen (secondary N) is 2. The Bertz CT molecular complexity index is 761. The third-order valence-electron chi connectivity index (χ3n) is 2.76. The van der Waals surface area contributed by atoms with E-state index in [1.165, 1.54) is 0 Å². The zero-order valence-corrected chi connectivity index (χ0v) is 10.1. The predicted octanol–water partition coefficient (Wildman–Crippen LogP) is 0.856. The van der Waals surface area contributed by atoms with Crippen molar-refractivity contribution in [1.29, 1.82) is 0 Å². The molecule has 0 amide bonds. The van der Waals surface area contributed by atoms with Gasteiger partial charge in [0.05, 0.1) is 12.7 Å². The Hall–Kier alpha value is -2.83. The number of fused-ring (bicyclic) bond motifs is 1. The Balaban J connectivity index is 2.23. The van der Waals surface area contributed by atoms with Gasteiger partial charge >= 0.3 is 0 Å². The number of methoxy groups -OCH3 is 1. The molecule has 0 unspecified atom stereocenters. The van der Waals surface area contributed by atoms with E-state index in [1.54, 1.807) is 31.5 Å². The van der Waals surface area contributed by atoms with E-state index in [9.17, 15) is 4.79 Å². The van der Waals surface area contributed by atoms with Gasteiger partial charge in [0.2, 0.25) is 0 Å². The van der Waals surface area contributed by atoms with E-state index in [0.29, 0.717) is 28.5 Å². The van der Waals surface area contributed by atoms with Crippen molar-refractivity contribution >= 4 is 5.69 Å². The van der Waals surface area contributed by atoms with E-state index < -0.39 is 0 Å².